The number of rotatable bonds is 5. The maximum atomic E-state index is 13.7. The number of nitrogens with zero attached hydrogens (tertiary/aromatic N) is 3. The van der Waals surface area contributed by atoms with E-state index in [-0.39, 0.29) is 6.61 Å². The van der Waals surface area contributed by atoms with E-state index >= 15 is 0 Å². The van der Waals surface area contributed by atoms with Crippen molar-refractivity contribution >= 4 is 11.6 Å². The summed E-state index contributed by atoms with van der Waals surface area (Å²) in [6.45, 7) is 8.51. The lowest BCUT2D eigenvalue weighted by Crippen LogP contribution is -2.26. The largest absolute Gasteiger partial charge is 0.371 e. The molecule has 28 heavy (non-hydrogen) atoms. The first-order chi connectivity index (χ1) is 13.7. The Morgan fingerprint density at radius 3 is 2.75 bits per heavy atom. The number of dihydropyridines is 1. The Balaban J connectivity index is 0.00000109. The van der Waals surface area contributed by atoms with Crippen LogP contribution in [0, 0.1) is 0 Å². The van der Waals surface area contributed by atoms with Crippen LogP contribution in [0.5, 0.6) is 0 Å². The van der Waals surface area contributed by atoms with E-state index < -0.39 is 6.30 Å². The number of anilines is 1. The number of halogens is 1. The minimum atomic E-state index is -1.21. The minimum absolute atomic E-state index is 0.200. The molecule has 0 fully saturated rings. The van der Waals surface area contributed by atoms with Gasteiger partial charge in [-0.05, 0) is 18.4 Å². The van der Waals surface area contributed by atoms with Gasteiger partial charge in [0.2, 0.25) is 5.95 Å². The van der Waals surface area contributed by atoms with Gasteiger partial charge in [0.25, 0.3) is 0 Å². The minimum Gasteiger partial charge on any atom is -0.371 e. The Kier molecular flexibility index (Phi) is 6.39. The van der Waals surface area contributed by atoms with Crippen molar-refractivity contribution in [3.63, 3.8) is 0 Å². The fourth-order valence-electron chi connectivity index (χ4n) is 2.73. The van der Waals surface area contributed by atoms with E-state index in [1.54, 1.807) is 23.0 Å². The van der Waals surface area contributed by atoms with E-state index in [9.17, 15) is 4.39 Å². The van der Waals surface area contributed by atoms with Gasteiger partial charge in [-0.25, -0.2) is 4.39 Å². The maximum absolute atomic E-state index is 13.7. The second-order valence-corrected chi connectivity index (χ2v) is 5.95. The average Bonchev–Trinajstić information content (AvgIpc) is 3.17. The highest BCUT2D eigenvalue weighted by molar-refractivity contribution is 5.68. The van der Waals surface area contributed by atoms with Crippen LogP contribution in [-0.4, -0.2) is 34.3 Å². The van der Waals surface area contributed by atoms with Gasteiger partial charge < -0.3 is 15.4 Å². The number of hydrogen-bond donors (Lipinski definition) is 2. The van der Waals surface area contributed by atoms with E-state index in [1.807, 2.05) is 50.3 Å². The van der Waals surface area contributed by atoms with Crippen molar-refractivity contribution in [2.75, 3.05) is 18.5 Å². The van der Waals surface area contributed by atoms with Crippen LogP contribution in [0.15, 0.2) is 72.6 Å². The quantitative estimate of drug-likeness (QED) is 0.763. The highest BCUT2D eigenvalue weighted by Gasteiger charge is 2.19. The Bertz CT molecular complexity index is 914. The van der Waals surface area contributed by atoms with Crippen LogP contribution in [0.4, 0.5) is 10.3 Å². The van der Waals surface area contributed by atoms with Crippen molar-refractivity contribution in [1.29, 1.82) is 0 Å². The highest BCUT2D eigenvalue weighted by atomic mass is 19.1. The van der Waals surface area contributed by atoms with Gasteiger partial charge in [0.05, 0.1) is 18.9 Å². The molecule has 0 radical (unpaired) electrons. The summed E-state index contributed by atoms with van der Waals surface area (Å²) in [5.74, 6) is 1.20. The van der Waals surface area contributed by atoms with E-state index in [4.69, 9.17) is 4.74 Å². The summed E-state index contributed by atoms with van der Waals surface area (Å²) in [5, 5.41) is 10.3. The van der Waals surface area contributed by atoms with Crippen molar-refractivity contribution < 1.29 is 9.13 Å². The van der Waals surface area contributed by atoms with E-state index in [1.165, 1.54) is 0 Å². The predicted octanol–water partition coefficient (Wildman–Crippen LogP) is 4.11. The molecule has 1 unspecified atom stereocenters. The van der Waals surface area contributed by atoms with Gasteiger partial charge in [-0.2, -0.15) is 9.67 Å². The zero-order valence-corrected chi connectivity index (χ0v) is 16.0. The molecule has 0 bridgehead atoms. The zero-order valence-electron chi connectivity index (χ0n) is 16.0. The Labute approximate surface area is 164 Å². The smallest absolute Gasteiger partial charge is 0.230 e. The van der Waals surface area contributed by atoms with E-state index in [0.717, 1.165) is 11.3 Å². The van der Waals surface area contributed by atoms with E-state index in [0.29, 0.717) is 29.6 Å². The van der Waals surface area contributed by atoms with Crippen LogP contribution in [-0.2, 0) is 4.74 Å². The topological polar surface area (TPSA) is 64.0 Å². The molecule has 1 atom stereocenters. The van der Waals surface area contributed by atoms with Crippen LogP contribution < -0.4 is 10.6 Å². The second-order valence-electron chi connectivity index (χ2n) is 5.95. The molecular formula is C21H24FN5O. The first-order valence-corrected chi connectivity index (χ1v) is 9.23. The lowest BCUT2D eigenvalue weighted by atomic mass is 10.2. The second kappa shape index (κ2) is 9.14. The fourth-order valence-corrected chi connectivity index (χ4v) is 2.73. The normalized spacial score (nSPS) is 17.4. The molecule has 0 amide bonds. The van der Waals surface area contributed by atoms with Gasteiger partial charge >= 0.3 is 0 Å². The lowest BCUT2D eigenvalue weighted by Gasteiger charge is -2.19. The third kappa shape index (κ3) is 4.37. The molecule has 2 N–H and O–H groups in total. The molecule has 2 aliphatic rings. The first-order valence-electron chi connectivity index (χ1n) is 9.23. The number of ether oxygens (including phenoxy) is 1. The number of alkyl halides is 1. The number of benzene rings is 1. The standard InChI is InChI=1S/C19H18FN5O.C2H6/c1-13-10-16(12-26-11-15-8-5-9-21-17(15)20)22-19-23-18(24-25(13)19)14-6-3-2-4-7-14;1-2/h2-10,17,21H,1,11-12H2,(H,22,23,24);1-2H3. The molecule has 0 saturated heterocycles. The molecule has 146 valence electrons. The first kappa shape index (κ1) is 19.6. The molecular weight excluding hydrogens is 357 g/mol. The number of allylic oxidation sites excluding steroid dienone is 4. The third-order valence-electron chi connectivity index (χ3n) is 4.03. The van der Waals surface area contributed by atoms with Gasteiger partial charge in [-0.1, -0.05) is 56.8 Å². The van der Waals surface area contributed by atoms with Gasteiger partial charge in [0.1, 0.15) is 0 Å². The van der Waals surface area contributed by atoms with Crippen molar-refractivity contribution in [1.82, 2.24) is 20.1 Å². The van der Waals surface area contributed by atoms with Crippen molar-refractivity contribution in [2.24, 2.45) is 0 Å². The van der Waals surface area contributed by atoms with Crippen molar-refractivity contribution in [3.8, 4) is 11.4 Å². The SMILES string of the molecule is C=C1C=C(COCC2=CC=CNC2F)Nc2nc(-c3ccccc3)nn21.CC. The summed E-state index contributed by atoms with van der Waals surface area (Å²) in [6, 6.07) is 9.74. The van der Waals surface area contributed by atoms with Crippen LogP contribution in [0.2, 0.25) is 0 Å². The molecule has 2 aliphatic heterocycles. The molecule has 2 aromatic rings. The molecule has 0 saturated carbocycles. The third-order valence-corrected chi connectivity index (χ3v) is 4.03. The summed E-state index contributed by atoms with van der Waals surface area (Å²) in [4.78, 5) is 4.52. The van der Waals surface area contributed by atoms with Crippen LogP contribution >= 0.6 is 0 Å². The average molecular weight is 381 g/mol. The lowest BCUT2D eigenvalue weighted by molar-refractivity contribution is 0.163. The number of fused-ring (bicyclic) bond motifs is 1. The molecule has 6 nitrogen and oxygen atoms in total. The summed E-state index contributed by atoms with van der Waals surface area (Å²) in [7, 11) is 0. The molecule has 4 rings (SSSR count). The number of aromatic nitrogens is 3. The van der Waals surface area contributed by atoms with Gasteiger partial charge in [0.15, 0.2) is 12.1 Å². The van der Waals surface area contributed by atoms with Gasteiger partial charge in [-0.15, -0.1) is 5.10 Å². The van der Waals surface area contributed by atoms with Gasteiger partial charge in [-0.3, -0.25) is 0 Å². The molecule has 0 aliphatic carbocycles. The predicted molar refractivity (Wildman–Crippen MR) is 110 cm³/mol. The number of hydrogen-bond acceptors (Lipinski definition) is 5. The summed E-state index contributed by atoms with van der Waals surface area (Å²) < 4.78 is 20.9. The van der Waals surface area contributed by atoms with Crippen molar-refractivity contribution in [3.05, 3.63) is 72.6 Å². The number of nitrogens with one attached hydrogen (secondary N) is 2. The Morgan fingerprint density at radius 2 is 2.00 bits per heavy atom. The molecule has 1 aromatic heterocycles. The summed E-state index contributed by atoms with van der Waals surface area (Å²) in [5.41, 5.74) is 2.97. The monoisotopic (exact) mass is 381 g/mol. The zero-order chi connectivity index (χ0) is 19.9. The Hall–Kier alpha value is -3.19. The molecule has 7 heteroatoms. The summed E-state index contributed by atoms with van der Waals surface area (Å²) in [6.07, 6.45) is 5.67. The van der Waals surface area contributed by atoms with Crippen molar-refractivity contribution in [2.45, 2.75) is 20.1 Å². The Morgan fingerprint density at radius 1 is 1.21 bits per heavy atom. The van der Waals surface area contributed by atoms with Crippen LogP contribution in [0.1, 0.15) is 13.8 Å². The molecule has 0 spiro atoms. The maximum Gasteiger partial charge on any atom is 0.230 e. The van der Waals surface area contributed by atoms with Crippen LogP contribution in [0.3, 0.4) is 0 Å². The fraction of sp³-hybridized carbons (Fsp3) is 0.238. The van der Waals surface area contributed by atoms with Gasteiger partial charge in [0, 0.05) is 16.8 Å². The van der Waals surface area contributed by atoms with Crippen LogP contribution in [0.25, 0.3) is 17.1 Å². The molecule has 1 aromatic carbocycles. The highest BCUT2D eigenvalue weighted by Crippen LogP contribution is 2.25. The summed E-state index contributed by atoms with van der Waals surface area (Å²) >= 11 is 0. The van der Waals surface area contributed by atoms with E-state index in [2.05, 4.69) is 27.3 Å². The molecule has 3 heterocycles.